The summed E-state index contributed by atoms with van der Waals surface area (Å²) in [6.45, 7) is 9.79. The van der Waals surface area contributed by atoms with E-state index in [0.29, 0.717) is 5.54 Å². The number of ether oxygens (including phenoxy) is 1. The highest BCUT2D eigenvalue weighted by Crippen LogP contribution is 2.27. The summed E-state index contributed by atoms with van der Waals surface area (Å²) in [6, 6.07) is 0. The molecule has 0 saturated carbocycles. The molecule has 0 spiro atoms. The second-order valence-corrected chi connectivity index (χ2v) is 4.34. The molecule has 0 amide bonds. The molecule has 0 aliphatic carbocycles. The minimum atomic E-state index is 0.323. The monoisotopic (exact) mass is 216 g/mol. The molecule has 1 atom stereocenters. The van der Waals surface area contributed by atoms with Crippen LogP contribution in [0.15, 0.2) is 0 Å². The van der Waals surface area contributed by atoms with Gasteiger partial charge in [0.25, 0.3) is 0 Å². The number of nitrogens with two attached hydrogens (primary N) is 1. The fourth-order valence-electron chi connectivity index (χ4n) is 2.08. The van der Waals surface area contributed by atoms with E-state index in [2.05, 4.69) is 31.4 Å². The van der Waals surface area contributed by atoms with E-state index >= 15 is 0 Å². The van der Waals surface area contributed by atoms with Crippen LogP contribution in [0.2, 0.25) is 0 Å². The number of hydrogen-bond donors (Lipinski definition) is 1. The standard InChI is InChI=1S/C11H23NO.CH5N/c1-4-6-8-12-10-13-9-11(12,3)7-5-2;1-2/h4-10H2,1-3H3;2H2,1H3. The third-order valence-corrected chi connectivity index (χ3v) is 2.99. The van der Waals surface area contributed by atoms with Crippen molar-refractivity contribution >= 4 is 0 Å². The molecule has 92 valence electrons. The number of rotatable bonds is 5. The molecule has 0 aromatic carbocycles. The van der Waals surface area contributed by atoms with Crippen molar-refractivity contribution in [1.82, 2.24) is 4.90 Å². The van der Waals surface area contributed by atoms with Crippen LogP contribution in [-0.2, 0) is 4.74 Å². The van der Waals surface area contributed by atoms with E-state index in [1.165, 1.54) is 39.3 Å². The van der Waals surface area contributed by atoms with Gasteiger partial charge in [0, 0.05) is 12.1 Å². The zero-order valence-electron chi connectivity index (χ0n) is 10.9. The van der Waals surface area contributed by atoms with Crippen LogP contribution in [0.3, 0.4) is 0 Å². The molecule has 0 bridgehead atoms. The normalized spacial score (nSPS) is 26.2. The largest absolute Gasteiger partial charge is 0.364 e. The van der Waals surface area contributed by atoms with Crippen LogP contribution in [-0.4, -0.2) is 37.4 Å². The van der Waals surface area contributed by atoms with Crippen LogP contribution in [0, 0.1) is 0 Å². The van der Waals surface area contributed by atoms with Gasteiger partial charge in [0.15, 0.2) is 0 Å². The van der Waals surface area contributed by atoms with E-state index in [4.69, 9.17) is 4.74 Å². The van der Waals surface area contributed by atoms with Gasteiger partial charge in [-0.15, -0.1) is 0 Å². The van der Waals surface area contributed by atoms with E-state index in [-0.39, 0.29) is 0 Å². The Bertz CT molecular complexity index is 153. The molecule has 0 aromatic rings. The van der Waals surface area contributed by atoms with Crippen LogP contribution in [0.1, 0.15) is 46.5 Å². The summed E-state index contributed by atoms with van der Waals surface area (Å²) < 4.78 is 5.55. The SMILES string of the molecule is CCCCN1COCC1(C)CCC.CN. The lowest BCUT2D eigenvalue weighted by Crippen LogP contribution is -2.43. The molecule has 1 heterocycles. The van der Waals surface area contributed by atoms with E-state index in [1.807, 2.05) is 0 Å². The van der Waals surface area contributed by atoms with Crippen molar-refractivity contribution in [2.75, 3.05) is 26.9 Å². The van der Waals surface area contributed by atoms with Gasteiger partial charge in [0.05, 0.1) is 13.3 Å². The molecule has 1 unspecified atom stereocenters. The lowest BCUT2D eigenvalue weighted by molar-refractivity contribution is 0.123. The van der Waals surface area contributed by atoms with Gasteiger partial charge >= 0.3 is 0 Å². The Morgan fingerprint density at radius 3 is 2.47 bits per heavy atom. The van der Waals surface area contributed by atoms with Gasteiger partial charge in [-0.3, -0.25) is 4.90 Å². The van der Waals surface area contributed by atoms with Crippen LogP contribution in [0.4, 0.5) is 0 Å². The van der Waals surface area contributed by atoms with Gasteiger partial charge in [-0.25, -0.2) is 0 Å². The Labute approximate surface area is 95.0 Å². The first kappa shape index (κ1) is 14.9. The van der Waals surface area contributed by atoms with Gasteiger partial charge in [-0.1, -0.05) is 26.7 Å². The number of hydrogen-bond acceptors (Lipinski definition) is 3. The van der Waals surface area contributed by atoms with E-state index in [1.54, 1.807) is 0 Å². The average molecular weight is 216 g/mol. The zero-order valence-corrected chi connectivity index (χ0v) is 10.9. The first-order chi connectivity index (χ1) is 7.23. The third kappa shape index (κ3) is 4.49. The molecule has 1 fully saturated rings. The average Bonchev–Trinajstić information content (AvgIpc) is 2.60. The minimum Gasteiger partial charge on any atom is -0.364 e. The maximum atomic E-state index is 5.55. The maximum Gasteiger partial charge on any atom is 0.0996 e. The third-order valence-electron chi connectivity index (χ3n) is 2.99. The van der Waals surface area contributed by atoms with Crippen LogP contribution in [0.5, 0.6) is 0 Å². The Kier molecular flexibility index (Phi) is 8.02. The fourth-order valence-corrected chi connectivity index (χ4v) is 2.08. The summed E-state index contributed by atoms with van der Waals surface area (Å²) >= 11 is 0. The molecule has 0 radical (unpaired) electrons. The van der Waals surface area contributed by atoms with Crippen LogP contribution >= 0.6 is 0 Å². The molecule has 15 heavy (non-hydrogen) atoms. The molecular weight excluding hydrogens is 188 g/mol. The summed E-state index contributed by atoms with van der Waals surface area (Å²) in [6.07, 6.45) is 5.08. The first-order valence-corrected chi connectivity index (χ1v) is 6.13. The van der Waals surface area contributed by atoms with Crippen molar-refractivity contribution in [2.45, 2.75) is 52.0 Å². The summed E-state index contributed by atoms with van der Waals surface area (Å²) in [5.41, 5.74) is 4.82. The molecule has 2 N–H and O–H groups in total. The highest BCUT2D eigenvalue weighted by atomic mass is 16.5. The second-order valence-electron chi connectivity index (χ2n) is 4.34. The summed E-state index contributed by atoms with van der Waals surface area (Å²) in [5, 5.41) is 0. The molecule has 1 rings (SSSR count). The predicted octanol–water partition coefficient (Wildman–Crippen LogP) is 2.21. The van der Waals surface area contributed by atoms with Gasteiger partial charge in [-0.05, 0) is 26.8 Å². The molecule has 3 heteroatoms. The zero-order chi connectivity index (χ0) is 11.7. The van der Waals surface area contributed by atoms with Crippen molar-refractivity contribution < 1.29 is 4.74 Å². The summed E-state index contributed by atoms with van der Waals surface area (Å²) in [7, 11) is 1.50. The van der Waals surface area contributed by atoms with E-state index < -0.39 is 0 Å². The van der Waals surface area contributed by atoms with Crippen molar-refractivity contribution in [3.05, 3.63) is 0 Å². The van der Waals surface area contributed by atoms with E-state index in [9.17, 15) is 0 Å². The van der Waals surface area contributed by atoms with Crippen molar-refractivity contribution in [3.63, 3.8) is 0 Å². The molecule has 1 aliphatic rings. The molecule has 3 nitrogen and oxygen atoms in total. The Balaban J connectivity index is 0.000000921. The highest BCUT2D eigenvalue weighted by molar-refractivity contribution is 4.88. The lowest BCUT2D eigenvalue weighted by Gasteiger charge is -2.32. The Morgan fingerprint density at radius 1 is 1.27 bits per heavy atom. The van der Waals surface area contributed by atoms with Crippen molar-refractivity contribution in [2.24, 2.45) is 5.73 Å². The summed E-state index contributed by atoms with van der Waals surface area (Å²) in [5.74, 6) is 0. The number of unbranched alkanes of at least 4 members (excludes halogenated alkanes) is 1. The fraction of sp³-hybridized carbons (Fsp3) is 1.00. The molecule has 1 saturated heterocycles. The second kappa shape index (κ2) is 8.08. The maximum absolute atomic E-state index is 5.55. The lowest BCUT2D eigenvalue weighted by atomic mass is 9.96. The number of nitrogens with zero attached hydrogens (tertiary/aromatic N) is 1. The molecule has 1 aliphatic heterocycles. The Morgan fingerprint density at radius 2 is 1.93 bits per heavy atom. The highest BCUT2D eigenvalue weighted by Gasteiger charge is 2.35. The van der Waals surface area contributed by atoms with Gasteiger partial charge in [0.1, 0.15) is 0 Å². The van der Waals surface area contributed by atoms with E-state index in [0.717, 1.165) is 13.3 Å². The smallest absolute Gasteiger partial charge is 0.0996 e. The van der Waals surface area contributed by atoms with Crippen molar-refractivity contribution in [1.29, 1.82) is 0 Å². The van der Waals surface area contributed by atoms with Gasteiger partial charge in [-0.2, -0.15) is 0 Å². The van der Waals surface area contributed by atoms with Crippen LogP contribution < -0.4 is 5.73 Å². The van der Waals surface area contributed by atoms with Gasteiger partial charge < -0.3 is 10.5 Å². The van der Waals surface area contributed by atoms with Crippen molar-refractivity contribution in [3.8, 4) is 0 Å². The predicted molar refractivity (Wildman–Crippen MR) is 65.9 cm³/mol. The summed E-state index contributed by atoms with van der Waals surface area (Å²) in [4.78, 5) is 2.50. The topological polar surface area (TPSA) is 38.5 Å². The molecule has 0 aromatic heterocycles. The van der Waals surface area contributed by atoms with Gasteiger partial charge in [0.2, 0.25) is 0 Å². The first-order valence-electron chi connectivity index (χ1n) is 6.13. The van der Waals surface area contributed by atoms with Crippen LogP contribution in [0.25, 0.3) is 0 Å². The Hall–Kier alpha value is -0.120. The molecular formula is C12H28N2O. The minimum absolute atomic E-state index is 0.323. The quantitative estimate of drug-likeness (QED) is 0.766.